The number of halogens is 4. The van der Waals surface area contributed by atoms with Crippen LogP contribution in [0, 0.1) is 0 Å². The Hall–Kier alpha value is -1.83. The highest BCUT2D eigenvalue weighted by atomic mass is 19.4. The molecule has 0 saturated heterocycles. The minimum atomic E-state index is -5.50. The maximum atomic E-state index is 13.7. The number of methoxy groups -OCH3 is 1. The topological polar surface area (TPSA) is 47.6 Å². The predicted octanol–water partition coefficient (Wildman–Crippen LogP) is 3.68. The van der Waals surface area contributed by atoms with Crippen molar-refractivity contribution in [3.8, 4) is 5.75 Å². The van der Waals surface area contributed by atoms with Gasteiger partial charge in [-0.25, -0.2) is 0 Å². The van der Waals surface area contributed by atoms with Crippen LogP contribution in [0.25, 0.3) is 0 Å². The standard InChI is InChI=1S/C14H17F4NO3/c1-3-4-9-22-11-8-6-5-7-10(11)19-12(20)13(15,21-2)14(16,17)18/h5-8H,3-4,9H2,1-2H3,(H,19,20)/t13-/m0/s1. The maximum Gasteiger partial charge on any atom is 0.458 e. The number of carbonyl (C=O) groups excluding carboxylic acids is 1. The zero-order valence-electron chi connectivity index (χ0n) is 12.2. The SMILES string of the molecule is CCCCOc1ccccc1NC(=O)[C@](F)(OC)C(F)(F)F. The molecule has 0 bridgehead atoms. The first kappa shape index (κ1) is 18.2. The van der Waals surface area contributed by atoms with Crippen molar-refractivity contribution in [3.63, 3.8) is 0 Å². The zero-order valence-corrected chi connectivity index (χ0v) is 12.2. The predicted molar refractivity (Wildman–Crippen MR) is 72.4 cm³/mol. The molecule has 1 rings (SSSR count). The van der Waals surface area contributed by atoms with Gasteiger partial charge in [0.1, 0.15) is 5.75 Å². The first-order chi connectivity index (χ1) is 10.3. The van der Waals surface area contributed by atoms with Gasteiger partial charge in [0.25, 0.3) is 5.91 Å². The van der Waals surface area contributed by atoms with E-state index in [1.54, 1.807) is 6.07 Å². The van der Waals surface area contributed by atoms with Crippen molar-refractivity contribution < 1.29 is 31.8 Å². The van der Waals surface area contributed by atoms with Crippen LogP contribution in [0.1, 0.15) is 19.8 Å². The number of carbonyl (C=O) groups is 1. The normalized spacial score (nSPS) is 14.3. The van der Waals surface area contributed by atoms with Crippen LogP contribution < -0.4 is 10.1 Å². The number of unbranched alkanes of at least 4 members (excludes halogenated alkanes) is 1. The van der Waals surface area contributed by atoms with Gasteiger partial charge >= 0.3 is 12.0 Å². The quantitative estimate of drug-likeness (QED) is 0.615. The molecule has 0 radical (unpaired) electrons. The van der Waals surface area contributed by atoms with Crippen molar-refractivity contribution >= 4 is 11.6 Å². The van der Waals surface area contributed by atoms with Gasteiger partial charge in [-0.3, -0.25) is 4.79 Å². The van der Waals surface area contributed by atoms with E-state index in [0.29, 0.717) is 13.7 Å². The molecule has 1 atom stereocenters. The first-order valence-corrected chi connectivity index (χ1v) is 6.60. The zero-order chi connectivity index (χ0) is 16.8. The summed E-state index contributed by atoms with van der Waals surface area (Å²) in [7, 11) is 0.469. The van der Waals surface area contributed by atoms with Crippen molar-refractivity contribution in [1.29, 1.82) is 0 Å². The number of rotatable bonds is 7. The molecule has 8 heteroatoms. The Kier molecular flexibility index (Phi) is 6.16. The molecular weight excluding hydrogens is 306 g/mol. The number of hydrogen-bond donors (Lipinski definition) is 1. The average molecular weight is 323 g/mol. The highest BCUT2D eigenvalue weighted by molar-refractivity contribution is 5.97. The Balaban J connectivity index is 2.92. The number of amides is 1. The molecule has 1 aromatic rings. The number of ether oxygens (including phenoxy) is 2. The highest BCUT2D eigenvalue weighted by Gasteiger charge is 2.63. The van der Waals surface area contributed by atoms with Crippen LogP contribution in [-0.4, -0.2) is 31.7 Å². The number of para-hydroxylation sites is 2. The van der Waals surface area contributed by atoms with Gasteiger partial charge in [-0.1, -0.05) is 25.5 Å². The molecule has 0 spiro atoms. The molecule has 0 aromatic heterocycles. The third-order valence-electron chi connectivity index (χ3n) is 2.83. The molecule has 0 aliphatic heterocycles. The van der Waals surface area contributed by atoms with E-state index in [9.17, 15) is 22.4 Å². The molecule has 0 saturated carbocycles. The van der Waals surface area contributed by atoms with Crippen LogP contribution in [0.2, 0.25) is 0 Å². The minimum absolute atomic E-state index is 0.0630. The lowest BCUT2D eigenvalue weighted by Gasteiger charge is -2.25. The summed E-state index contributed by atoms with van der Waals surface area (Å²) in [6.45, 7) is 2.27. The molecule has 4 nitrogen and oxygen atoms in total. The molecular formula is C14H17F4NO3. The van der Waals surface area contributed by atoms with Gasteiger partial charge in [0, 0.05) is 7.11 Å². The van der Waals surface area contributed by atoms with Gasteiger partial charge in [0.2, 0.25) is 0 Å². The summed E-state index contributed by atoms with van der Waals surface area (Å²) in [5.74, 6) is -6.23. The molecule has 124 valence electrons. The van der Waals surface area contributed by atoms with Gasteiger partial charge in [0.05, 0.1) is 12.3 Å². The van der Waals surface area contributed by atoms with Crippen molar-refractivity contribution in [2.75, 3.05) is 19.0 Å². The summed E-state index contributed by atoms with van der Waals surface area (Å²) < 4.78 is 60.7. The van der Waals surface area contributed by atoms with Crippen LogP contribution in [-0.2, 0) is 9.53 Å². The van der Waals surface area contributed by atoms with Crippen LogP contribution in [0.5, 0.6) is 5.75 Å². The average Bonchev–Trinajstić information content (AvgIpc) is 2.47. The van der Waals surface area contributed by atoms with E-state index < -0.39 is 17.9 Å². The second kappa shape index (κ2) is 7.44. The molecule has 0 heterocycles. The number of nitrogens with one attached hydrogen (secondary N) is 1. The summed E-state index contributed by atoms with van der Waals surface area (Å²) in [5.41, 5.74) is -0.0630. The molecule has 1 amide bonds. The third-order valence-corrected chi connectivity index (χ3v) is 2.83. The second-order valence-electron chi connectivity index (χ2n) is 4.45. The maximum absolute atomic E-state index is 13.7. The first-order valence-electron chi connectivity index (χ1n) is 6.60. The molecule has 0 aliphatic rings. The minimum Gasteiger partial charge on any atom is -0.491 e. The van der Waals surface area contributed by atoms with Crippen LogP contribution in [0.3, 0.4) is 0 Å². The molecule has 22 heavy (non-hydrogen) atoms. The number of benzene rings is 1. The summed E-state index contributed by atoms with van der Waals surface area (Å²) in [6, 6.07) is 5.83. The van der Waals surface area contributed by atoms with E-state index in [-0.39, 0.29) is 11.4 Å². The Morgan fingerprint density at radius 1 is 1.23 bits per heavy atom. The van der Waals surface area contributed by atoms with E-state index in [2.05, 4.69) is 4.74 Å². The van der Waals surface area contributed by atoms with Crippen LogP contribution in [0.4, 0.5) is 23.2 Å². The van der Waals surface area contributed by atoms with E-state index in [1.807, 2.05) is 12.2 Å². The third kappa shape index (κ3) is 4.09. The molecule has 0 fully saturated rings. The van der Waals surface area contributed by atoms with Gasteiger partial charge in [-0.15, -0.1) is 0 Å². The van der Waals surface area contributed by atoms with E-state index in [4.69, 9.17) is 4.74 Å². The van der Waals surface area contributed by atoms with Crippen LogP contribution >= 0.6 is 0 Å². The molecule has 0 aliphatic carbocycles. The summed E-state index contributed by atoms with van der Waals surface area (Å²) >= 11 is 0. The Morgan fingerprint density at radius 3 is 2.41 bits per heavy atom. The summed E-state index contributed by atoms with van der Waals surface area (Å²) in [4.78, 5) is 11.6. The van der Waals surface area contributed by atoms with E-state index in [1.165, 1.54) is 18.2 Å². The van der Waals surface area contributed by atoms with Crippen LogP contribution in [0.15, 0.2) is 24.3 Å². The number of hydrogen-bond acceptors (Lipinski definition) is 3. The summed E-state index contributed by atoms with van der Waals surface area (Å²) in [6.07, 6.45) is -3.90. The monoisotopic (exact) mass is 323 g/mol. The molecule has 1 aromatic carbocycles. The fraction of sp³-hybridized carbons (Fsp3) is 0.500. The smallest absolute Gasteiger partial charge is 0.458 e. The van der Waals surface area contributed by atoms with E-state index >= 15 is 0 Å². The van der Waals surface area contributed by atoms with Gasteiger partial charge in [-0.2, -0.15) is 17.6 Å². The lowest BCUT2D eigenvalue weighted by atomic mass is 10.2. The summed E-state index contributed by atoms with van der Waals surface area (Å²) in [5, 5.41) is 1.85. The lowest BCUT2D eigenvalue weighted by molar-refractivity contribution is -0.305. The van der Waals surface area contributed by atoms with Crippen molar-refractivity contribution in [1.82, 2.24) is 0 Å². The number of alkyl halides is 4. The number of anilines is 1. The van der Waals surface area contributed by atoms with Crippen molar-refractivity contribution in [2.24, 2.45) is 0 Å². The Bertz CT molecular complexity index is 507. The Labute approximate surface area is 125 Å². The van der Waals surface area contributed by atoms with Gasteiger partial charge in [0.15, 0.2) is 0 Å². The van der Waals surface area contributed by atoms with Gasteiger partial charge in [-0.05, 0) is 18.6 Å². The van der Waals surface area contributed by atoms with Crippen molar-refractivity contribution in [3.05, 3.63) is 24.3 Å². The van der Waals surface area contributed by atoms with Crippen molar-refractivity contribution in [2.45, 2.75) is 31.8 Å². The highest BCUT2D eigenvalue weighted by Crippen LogP contribution is 2.36. The molecule has 1 N–H and O–H groups in total. The fourth-order valence-corrected chi connectivity index (χ4v) is 1.56. The van der Waals surface area contributed by atoms with E-state index in [0.717, 1.165) is 12.8 Å². The lowest BCUT2D eigenvalue weighted by Crippen LogP contribution is -2.52. The largest absolute Gasteiger partial charge is 0.491 e. The van der Waals surface area contributed by atoms with Gasteiger partial charge < -0.3 is 14.8 Å². The fourth-order valence-electron chi connectivity index (χ4n) is 1.56. The second-order valence-corrected chi connectivity index (χ2v) is 4.45. The Morgan fingerprint density at radius 2 is 1.86 bits per heavy atom. The molecule has 0 unspecified atom stereocenters.